The third-order valence-electron chi connectivity index (χ3n) is 7.67. The van der Waals surface area contributed by atoms with Crippen LogP contribution in [-0.4, -0.2) is 96.3 Å². The highest BCUT2D eigenvalue weighted by Gasteiger charge is 2.16. The summed E-state index contributed by atoms with van der Waals surface area (Å²) >= 11 is 30.3. The second kappa shape index (κ2) is 18.9. The predicted molar refractivity (Wildman–Crippen MR) is 231 cm³/mol. The van der Waals surface area contributed by atoms with E-state index >= 15 is 0 Å². The molecule has 10 aromatic rings. The van der Waals surface area contributed by atoms with E-state index in [9.17, 15) is 15.3 Å². The van der Waals surface area contributed by atoms with Crippen LogP contribution >= 0.6 is 98.5 Å². The van der Waals surface area contributed by atoms with Crippen molar-refractivity contribution in [3.8, 4) is 0 Å². The Morgan fingerprint density at radius 3 is 1.85 bits per heavy atom. The molecule has 30 heteroatoms. The lowest BCUT2D eigenvalue weighted by atomic mass is 10.3. The molecule has 5 heterocycles. The zero-order valence-electron chi connectivity index (χ0n) is 29.7. The molecule has 0 spiro atoms. The van der Waals surface area contributed by atoms with Crippen LogP contribution in [0, 0.1) is 15.3 Å². The van der Waals surface area contributed by atoms with E-state index < -0.39 is 4.92 Å². The molecule has 0 amide bonds. The first-order chi connectivity index (χ1) is 28.9. The quantitative estimate of drug-likeness (QED) is 0.0401. The van der Waals surface area contributed by atoms with Crippen molar-refractivity contribution in [3.05, 3.63) is 121 Å². The Bertz CT molecular complexity index is 3230. The summed E-state index contributed by atoms with van der Waals surface area (Å²) in [6, 6.07) is 19.4. The molecule has 0 bridgehead atoms. The molecule has 314 valence electrons. The monoisotopic (exact) mass is 1150 g/mol. The van der Waals surface area contributed by atoms with Gasteiger partial charge in [-0.25, -0.2) is 0 Å². The topological polar surface area (TPSA) is 292 Å². The minimum atomic E-state index is -0.613. The number of aromatic nitrogens is 15. The van der Waals surface area contributed by atoms with Gasteiger partial charge in [0.2, 0.25) is 11.0 Å². The van der Waals surface area contributed by atoms with Crippen LogP contribution in [0.25, 0.3) is 55.2 Å². The van der Waals surface area contributed by atoms with Gasteiger partial charge in [-0.05, 0) is 107 Å². The van der Waals surface area contributed by atoms with Crippen LogP contribution in [0.1, 0.15) is 0 Å². The highest BCUT2D eigenvalue weighted by Crippen LogP contribution is 2.28. The van der Waals surface area contributed by atoms with Gasteiger partial charge < -0.3 is 26.0 Å². The van der Waals surface area contributed by atoms with Crippen molar-refractivity contribution in [1.29, 1.82) is 0 Å². The van der Waals surface area contributed by atoms with Gasteiger partial charge >= 0.3 is 0 Å². The standard InChI is InChI=1S/C7H5Br2N3O.C6H3Br2N3O.C6H3ClN4O3.2C6H4ClN3O/c1-11-7-5(9)2-4(8)3-6(7)12(13)10-11;7-3-1-4(8)6-5(2-3)11(12)10-9-6;7-4-1-3(11(13)14)2-5-6(4)8-9-10(5)12;7-4-1-2-6-5(3-4)8-9-10(6)11;7-4-1-2-5-6(3-4)10(11)9-8-5/h2-3H,1H3;1-2,12H;1-2,12H;2*1-3,11H. The number of halogens is 7. The van der Waals surface area contributed by atoms with Crippen LogP contribution in [0.15, 0.2) is 90.7 Å². The molecule has 5 aromatic carbocycles. The Balaban J connectivity index is 0.000000128. The van der Waals surface area contributed by atoms with Crippen molar-refractivity contribution in [2.24, 2.45) is 7.05 Å². The van der Waals surface area contributed by atoms with Crippen LogP contribution < -0.4 is 4.85 Å². The average Bonchev–Trinajstić information content (AvgIpc) is 4.02. The molecule has 10 rings (SSSR count). The van der Waals surface area contributed by atoms with Gasteiger partial charge in [0.25, 0.3) is 5.69 Å². The number of nitro groups is 1. The summed E-state index contributed by atoms with van der Waals surface area (Å²) < 4.78 is 4.90. The predicted octanol–water partition coefficient (Wildman–Crippen LogP) is 7.80. The van der Waals surface area contributed by atoms with E-state index in [0.717, 1.165) is 40.4 Å². The van der Waals surface area contributed by atoms with Crippen molar-refractivity contribution in [2.75, 3.05) is 0 Å². The number of aryl methyl sites for hydroxylation is 1. The minimum Gasteiger partial charge on any atom is -0.691 e. The number of benzene rings is 5. The van der Waals surface area contributed by atoms with Crippen molar-refractivity contribution in [3.63, 3.8) is 0 Å². The van der Waals surface area contributed by atoms with E-state index in [2.05, 4.69) is 110 Å². The van der Waals surface area contributed by atoms with Gasteiger partial charge in [0.15, 0.2) is 0 Å². The second-order valence-electron chi connectivity index (χ2n) is 11.6. The zero-order valence-corrected chi connectivity index (χ0v) is 38.4. The number of nitrogens with zero attached hydrogens (tertiary/aromatic N) is 16. The molecule has 0 unspecified atom stereocenters. The molecule has 0 aliphatic carbocycles. The highest BCUT2D eigenvalue weighted by atomic mass is 79.9. The summed E-state index contributed by atoms with van der Waals surface area (Å²) in [4.78, 5) is 13.0. The average molecular weight is 1150 g/mol. The Kier molecular flexibility index (Phi) is 13.9. The first-order valence-electron chi connectivity index (χ1n) is 16.0. The summed E-state index contributed by atoms with van der Waals surface area (Å²) in [6.07, 6.45) is 0. The number of hydrogen-bond donors (Lipinski definition) is 4. The van der Waals surface area contributed by atoms with Crippen LogP contribution in [0.2, 0.25) is 15.1 Å². The van der Waals surface area contributed by atoms with Gasteiger partial charge in [-0.3, -0.25) is 10.1 Å². The fourth-order valence-electron chi connectivity index (χ4n) is 5.00. The molecule has 5 aromatic heterocycles. The summed E-state index contributed by atoms with van der Waals surface area (Å²) in [7, 11) is 1.73. The molecule has 61 heavy (non-hydrogen) atoms. The third-order valence-corrected chi connectivity index (χ3v) is 10.6. The van der Waals surface area contributed by atoms with E-state index in [4.69, 9.17) is 55.6 Å². The number of rotatable bonds is 1. The van der Waals surface area contributed by atoms with Crippen molar-refractivity contribution < 1.29 is 30.6 Å². The fraction of sp³-hybridized carbons (Fsp3) is 0.0323. The number of fused-ring (bicyclic) bond motifs is 5. The molecular weight excluding hydrogens is 1130 g/mol. The smallest absolute Gasteiger partial charge is 0.273 e. The SMILES string of the molecule is Cn1n[n+]([O-])c2cc(Br)cc(Br)c21.O=[N+]([O-])c1cc(Cl)c2nnn(O)c2c1.On1nnc2c(Br)cc(Br)cc21.On1nnc2cc(Cl)ccc21.On1nnc2ccc(Cl)cc21. The summed E-state index contributed by atoms with van der Waals surface area (Å²) in [5.41, 5.74) is 4.91. The van der Waals surface area contributed by atoms with Crippen molar-refractivity contribution in [2.45, 2.75) is 0 Å². The summed E-state index contributed by atoms with van der Waals surface area (Å²) in [6.45, 7) is 0. The molecule has 0 saturated heterocycles. The molecular formula is C31H19Br4Cl3N16O7. The van der Waals surface area contributed by atoms with E-state index in [1.165, 1.54) is 0 Å². The molecule has 23 nitrogen and oxygen atoms in total. The minimum absolute atomic E-state index is 0.0782. The molecule has 0 atom stereocenters. The number of hydrogen-bond acceptors (Lipinski definition) is 16. The molecule has 0 saturated carbocycles. The normalized spacial score (nSPS) is 10.8. The van der Waals surface area contributed by atoms with Gasteiger partial charge in [-0.15, -0.1) is 29.9 Å². The van der Waals surface area contributed by atoms with Gasteiger partial charge in [0.1, 0.15) is 51.2 Å². The maximum atomic E-state index is 11.2. The van der Waals surface area contributed by atoms with Crippen LogP contribution in [0.4, 0.5) is 5.69 Å². The summed E-state index contributed by atoms with van der Waals surface area (Å²) in [5, 5.41) is 91.1. The van der Waals surface area contributed by atoms with Gasteiger partial charge in [0, 0.05) is 41.7 Å². The Morgan fingerprint density at radius 1 is 0.623 bits per heavy atom. The van der Waals surface area contributed by atoms with E-state index in [0.29, 0.717) is 68.0 Å². The Labute approximate surface area is 385 Å². The third kappa shape index (κ3) is 10.3. The Hall–Kier alpha value is -5.71. The van der Waals surface area contributed by atoms with Crippen LogP contribution in [0.5, 0.6) is 0 Å². The van der Waals surface area contributed by atoms with E-state index in [1.54, 1.807) is 60.3 Å². The molecule has 0 fully saturated rings. The van der Waals surface area contributed by atoms with E-state index in [-0.39, 0.29) is 21.7 Å². The summed E-state index contributed by atoms with van der Waals surface area (Å²) in [5.74, 6) is 0. The second-order valence-corrected chi connectivity index (χ2v) is 16.5. The van der Waals surface area contributed by atoms with E-state index in [1.807, 2.05) is 12.1 Å². The highest BCUT2D eigenvalue weighted by molar-refractivity contribution is 9.11. The number of non-ortho nitro benzene ring substituents is 1. The maximum Gasteiger partial charge on any atom is 0.273 e. The first-order valence-corrected chi connectivity index (χ1v) is 20.3. The lowest BCUT2D eigenvalue weighted by Gasteiger charge is -1.94. The van der Waals surface area contributed by atoms with Crippen molar-refractivity contribution in [1.82, 2.24) is 70.5 Å². The Morgan fingerprint density at radius 2 is 1.16 bits per heavy atom. The fourth-order valence-corrected chi connectivity index (χ4v) is 8.32. The molecule has 0 aliphatic rings. The first kappa shape index (κ1) is 44.8. The van der Waals surface area contributed by atoms with Crippen LogP contribution in [0.3, 0.4) is 0 Å². The zero-order chi connectivity index (χ0) is 44.3. The number of nitro benzene ring substituents is 1. The molecule has 0 radical (unpaired) electrons. The lowest BCUT2D eigenvalue weighted by molar-refractivity contribution is -0.646. The maximum absolute atomic E-state index is 11.2. The van der Waals surface area contributed by atoms with Gasteiger partial charge in [0.05, 0.1) is 19.6 Å². The van der Waals surface area contributed by atoms with Gasteiger partial charge in [-0.1, -0.05) is 86.0 Å². The van der Waals surface area contributed by atoms with Crippen molar-refractivity contribution >= 4 is 159 Å². The van der Waals surface area contributed by atoms with Crippen LogP contribution in [-0.2, 0) is 7.05 Å². The largest absolute Gasteiger partial charge is 0.691 e. The molecule has 4 N–H and O–H groups in total. The van der Waals surface area contributed by atoms with Gasteiger partial charge in [-0.2, -0.15) is 0 Å². The lowest BCUT2D eigenvalue weighted by Crippen LogP contribution is -2.29. The molecule has 0 aliphatic heterocycles.